The summed E-state index contributed by atoms with van der Waals surface area (Å²) < 4.78 is 10.7. The third-order valence-electron chi connectivity index (χ3n) is 7.53. The van der Waals surface area contributed by atoms with Crippen LogP contribution in [-0.2, 0) is 0 Å². The molecule has 0 aromatic heterocycles. The number of methoxy groups -OCH3 is 2. The zero-order valence-corrected chi connectivity index (χ0v) is 20.9. The highest BCUT2D eigenvalue weighted by Crippen LogP contribution is 2.66. The Labute approximate surface area is 219 Å². The fraction of sp³-hybridized carbons (Fsp3) is 0.200. The van der Waals surface area contributed by atoms with E-state index in [2.05, 4.69) is 0 Å². The van der Waals surface area contributed by atoms with Crippen LogP contribution in [0.2, 0.25) is 0 Å². The summed E-state index contributed by atoms with van der Waals surface area (Å²) in [5.41, 5.74) is 4.28. The highest BCUT2D eigenvalue weighted by atomic mass is 16.6. The molecular weight excluding hydrogens is 484 g/mol. The van der Waals surface area contributed by atoms with Crippen LogP contribution in [0.15, 0.2) is 97.1 Å². The van der Waals surface area contributed by atoms with Crippen molar-refractivity contribution >= 4 is 11.4 Å². The summed E-state index contributed by atoms with van der Waals surface area (Å²) in [5.74, 6) is 1.57. The number of nitro benzene ring substituents is 2. The summed E-state index contributed by atoms with van der Waals surface area (Å²) in [6.45, 7) is 0. The summed E-state index contributed by atoms with van der Waals surface area (Å²) in [4.78, 5) is 21.8. The summed E-state index contributed by atoms with van der Waals surface area (Å²) in [7, 11) is 3.24. The van der Waals surface area contributed by atoms with Crippen LogP contribution in [0.3, 0.4) is 0 Å². The molecule has 0 aliphatic heterocycles. The maximum atomic E-state index is 11.3. The molecule has 0 unspecified atom stereocenters. The molecular formula is C30H26N2O6. The monoisotopic (exact) mass is 510 g/mol. The Morgan fingerprint density at radius 1 is 0.474 bits per heavy atom. The average Bonchev–Trinajstić information content (AvgIpc) is 2.94. The molecule has 1 aliphatic rings. The quantitative estimate of drug-likeness (QED) is 0.187. The molecule has 38 heavy (non-hydrogen) atoms. The smallest absolute Gasteiger partial charge is 0.269 e. The van der Waals surface area contributed by atoms with E-state index in [1.807, 2.05) is 72.8 Å². The molecule has 1 saturated carbocycles. The molecule has 4 aromatic rings. The molecule has 1 fully saturated rings. The zero-order chi connectivity index (χ0) is 26.8. The molecule has 0 radical (unpaired) electrons. The predicted molar refractivity (Wildman–Crippen MR) is 143 cm³/mol. The summed E-state index contributed by atoms with van der Waals surface area (Å²) in [6, 6.07) is 29.4. The van der Waals surface area contributed by atoms with E-state index < -0.39 is 9.85 Å². The van der Waals surface area contributed by atoms with Crippen molar-refractivity contribution < 1.29 is 19.3 Å². The third-order valence-corrected chi connectivity index (χ3v) is 7.53. The lowest BCUT2D eigenvalue weighted by molar-refractivity contribution is -0.385. The molecule has 0 saturated heterocycles. The first-order valence-corrected chi connectivity index (χ1v) is 12.2. The predicted octanol–water partition coefficient (Wildman–Crippen LogP) is 6.97. The van der Waals surface area contributed by atoms with E-state index in [1.165, 1.54) is 0 Å². The minimum atomic E-state index is -0.397. The van der Waals surface area contributed by atoms with Gasteiger partial charge in [0.1, 0.15) is 11.5 Å². The van der Waals surface area contributed by atoms with Gasteiger partial charge in [0.15, 0.2) is 0 Å². The standard InChI is InChI=1S/C30H26N2O6/c1-37-25-15-7-21(8-16-25)29-27(19-3-11-23(12-4-19)31(33)34)30(22-9-17-26(38-2)18-10-22)28(29)20-5-13-24(14-6-20)32(35)36/h3-18,27-30H,1-2H3. The second-order valence-corrected chi connectivity index (χ2v) is 9.35. The van der Waals surface area contributed by atoms with Gasteiger partial charge in [-0.05, 0) is 70.2 Å². The zero-order valence-electron chi connectivity index (χ0n) is 20.9. The molecule has 0 atom stereocenters. The van der Waals surface area contributed by atoms with Gasteiger partial charge in [0.05, 0.1) is 24.1 Å². The summed E-state index contributed by atoms with van der Waals surface area (Å²) >= 11 is 0. The first-order chi connectivity index (χ1) is 18.4. The lowest BCUT2D eigenvalue weighted by atomic mass is 9.49. The minimum absolute atomic E-state index is 0.0118. The molecule has 0 spiro atoms. The van der Waals surface area contributed by atoms with Gasteiger partial charge in [-0.15, -0.1) is 0 Å². The second kappa shape index (κ2) is 10.3. The van der Waals surface area contributed by atoms with Gasteiger partial charge in [0.2, 0.25) is 0 Å². The molecule has 0 amide bonds. The topological polar surface area (TPSA) is 105 Å². The Hall–Kier alpha value is -4.72. The normalized spacial score (nSPS) is 20.3. The van der Waals surface area contributed by atoms with Crippen molar-refractivity contribution in [1.82, 2.24) is 0 Å². The molecule has 5 rings (SSSR count). The van der Waals surface area contributed by atoms with Crippen LogP contribution in [0, 0.1) is 20.2 Å². The Morgan fingerprint density at radius 2 is 0.711 bits per heavy atom. The first kappa shape index (κ1) is 25.0. The van der Waals surface area contributed by atoms with Gasteiger partial charge in [-0.25, -0.2) is 0 Å². The lowest BCUT2D eigenvalue weighted by Gasteiger charge is -2.53. The van der Waals surface area contributed by atoms with Crippen LogP contribution in [0.5, 0.6) is 11.5 Å². The van der Waals surface area contributed by atoms with E-state index in [0.717, 1.165) is 33.8 Å². The number of hydrogen-bond donors (Lipinski definition) is 0. The first-order valence-electron chi connectivity index (χ1n) is 12.2. The van der Waals surface area contributed by atoms with Crippen molar-refractivity contribution in [3.05, 3.63) is 140 Å². The third kappa shape index (κ3) is 4.56. The maximum absolute atomic E-state index is 11.3. The van der Waals surface area contributed by atoms with Crippen molar-refractivity contribution in [2.24, 2.45) is 0 Å². The van der Waals surface area contributed by atoms with E-state index >= 15 is 0 Å². The highest BCUT2D eigenvalue weighted by molar-refractivity contribution is 5.51. The van der Waals surface area contributed by atoms with Crippen LogP contribution in [0.25, 0.3) is 0 Å². The van der Waals surface area contributed by atoms with E-state index in [1.54, 1.807) is 38.5 Å². The van der Waals surface area contributed by atoms with Crippen molar-refractivity contribution in [2.45, 2.75) is 23.7 Å². The SMILES string of the molecule is COc1ccc(C2C(c3ccc([N+](=O)[O-])cc3)C(c3ccc(OC)cc3)C2c2ccc([N+](=O)[O-])cc2)cc1. The summed E-state index contributed by atoms with van der Waals surface area (Å²) in [6.07, 6.45) is 0. The fourth-order valence-electron chi connectivity index (χ4n) is 5.70. The Balaban J connectivity index is 1.65. The molecule has 0 bridgehead atoms. The number of ether oxygens (including phenoxy) is 2. The van der Waals surface area contributed by atoms with Crippen LogP contribution in [0.1, 0.15) is 45.9 Å². The van der Waals surface area contributed by atoms with Crippen LogP contribution < -0.4 is 9.47 Å². The highest BCUT2D eigenvalue weighted by Gasteiger charge is 2.52. The van der Waals surface area contributed by atoms with Gasteiger partial charge < -0.3 is 9.47 Å². The molecule has 8 nitrogen and oxygen atoms in total. The van der Waals surface area contributed by atoms with Gasteiger partial charge in [-0.2, -0.15) is 0 Å². The van der Waals surface area contributed by atoms with Crippen molar-refractivity contribution in [3.8, 4) is 11.5 Å². The summed E-state index contributed by atoms with van der Waals surface area (Å²) in [5, 5.41) is 22.6. The van der Waals surface area contributed by atoms with E-state index in [9.17, 15) is 20.2 Å². The largest absolute Gasteiger partial charge is 0.497 e. The van der Waals surface area contributed by atoms with Crippen LogP contribution >= 0.6 is 0 Å². The molecule has 1 aliphatic carbocycles. The van der Waals surface area contributed by atoms with Crippen molar-refractivity contribution in [2.75, 3.05) is 14.2 Å². The maximum Gasteiger partial charge on any atom is 0.269 e. The number of benzene rings is 4. The number of hydrogen-bond acceptors (Lipinski definition) is 6. The van der Waals surface area contributed by atoms with Gasteiger partial charge >= 0.3 is 0 Å². The molecule has 4 aromatic carbocycles. The molecule has 0 N–H and O–H groups in total. The number of nitrogens with zero attached hydrogens (tertiary/aromatic N) is 2. The number of rotatable bonds is 8. The minimum Gasteiger partial charge on any atom is -0.497 e. The van der Waals surface area contributed by atoms with Crippen molar-refractivity contribution in [1.29, 1.82) is 0 Å². The molecule has 8 heteroatoms. The van der Waals surface area contributed by atoms with Gasteiger partial charge in [0.25, 0.3) is 11.4 Å². The Kier molecular flexibility index (Phi) is 6.79. The van der Waals surface area contributed by atoms with Gasteiger partial charge in [-0.1, -0.05) is 48.5 Å². The van der Waals surface area contributed by atoms with Gasteiger partial charge in [0, 0.05) is 24.3 Å². The fourth-order valence-corrected chi connectivity index (χ4v) is 5.70. The van der Waals surface area contributed by atoms with Gasteiger partial charge in [-0.3, -0.25) is 20.2 Å². The van der Waals surface area contributed by atoms with Crippen LogP contribution in [0.4, 0.5) is 11.4 Å². The van der Waals surface area contributed by atoms with E-state index in [-0.39, 0.29) is 35.0 Å². The molecule has 192 valence electrons. The lowest BCUT2D eigenvalue weighted by Crippen LogP contribution is -2.40. The Morgan fingerprint density at radius 3 is 0.921 bits per heavy atom. The second-order valence-electron chi connectivity index (χ2n) is 9.35. The Bertz CT molecular complexity index is 1310. The average molecular weight is 511 g/mol. The number of non-ortho nitro benzene ring substituents is 2. The van der Waals surface area contributed by atoms with E-state index in [0.29, 0.717) is 0 Å². The van der Waals surface area contributed by atoms with Crippen LogP contribution in [-0.4, -0.2) is 24.1 Å². The number of nitro groups is 2. The molecule has 0 heterocycles. The van der Waals surface area contributed by atoms with E-state index in [4.69, 9.17) is 9.47 Å². The van der Waals surface area contributed by atoms with Crippen molar-refractivity contribution in [3.63, 3.8) is 0 Å².